The van der Waals surface area contributed by atoms with Crippen LogP contribution in [0, 0.1) is 12.7 Å². The molecule has 0 atom stereocenters. The maximum Gasteiger partial charge on any atom is 0.432 e. The van der Waals surface area contributed by atoms with E-state index in [1.807, 2.05) is 24.3 Å². The van der Waals surface area contributed by atoms with E-state index in [0.717, 1.165) is 49.4 Å². The highest BCUT2D eigenvalue weighted by atomic mass is 19.4. The molecule has 0 heterocycles. The number of benzene rings is 3. The minimum Gasteiger partial charge on any atom is -0.482 e. The zero-order valence-electron chi connectivity index (χ0n) is 19.4. The normalized spacial score (nSPS) is 12.0. The van der Waals surface area contributed by atoms with Crippen molar-refractivity contribution < 1.29 is 35.8 Å². The number of ether oxygens (including phenoxy) is 2. The number of alkyl halides is 5. The minimum atomic E-state index is -5.11. The fourth-order valence-electron chi connectivity index (χ4n) is 3.57. The maximum absolute atomic E-state index is 14.3. The molecule has 0 aliphatic rings. The molecule has 35 heavy (non-hydrogen) atoms. The first-order chi connectivity index (χ1) is 16.5. The van der Waals surface area contributed by atoms with Crippen molar-refractivity contribution in [3.05, 3.63) is 83.2 Å². The summed E-state index contributed by atoms with van der Waals surface area (Å²) in [4.78, 5) is 0. The lowest BCUT2D eigenvalue weighted by Crippen LogP contribution is -2.33. The van der Waals surface area contributed by atoms with Crippen LogP contribution >= 0.6 is 0 Å². The number of rotatable bonds is 10. The van der Waals surface area contributed by atoms with E-state index in [1.165, 1.54) is 24.1 Å². The summed E-state index contributed by atoms with van der Waals surface area (Å²) in [7, 11) is 0. The van der Waals surface area contributed by atoms with Crippen LogP contribution in [0.5, 0.6) is 11.5 Å². The lowest BCUT2D eigenvalue weighted by molar-refractivity contribution is -0.197. The fourth-order valence-corrected chi connectivity index (χ4v) is 3.57. The molecule has 188 valence electrons. The molecule has 0 bridgehead atoms. The van der Waals surface area contributed by atoms with Gasteiger partial charge in [-0.15, -0.1) is 0 Å². The van der Waals surface area contributed by atoms with Crippen LogP contribution in [0.1, 0.15) is 42.9 Å². The monoisotopic (exact) mass is 496 g/mol. The van der Waals surface area contributed by atoms with Gasteiger partial charge in [-0.2, -0.15) is 22.0 Å². The second kappa shape index (κ2) is 11.1. The van der Waals surface area contributed by atoms with E-state index in [0.29, 0.717) is 0 Å². The van der Waals surface area contributed by atoms with Crippen LogP contribution in [-0.4, -0.2) is 12.7 Å². The molecular formula is C27H26F6O2. The highest BCUT2D eigenvalue weighted by Gasteiger charge is 2.40. The van der Waals surface area contributed by atoms with Crippen molar-refractivity contribution >= 4 is 0 Å². The van der Waals surface area contributed by atoms with E-state index in [2.05, 4.69) is 16.4 Å². The lowest BCUT2D eigenvalue weighted by atomic mass is 10.0. The summed E-state index contributed by atoms with van der Waals surface area (Å²) < 4.78 is 91.4. The summed E-state index contributed by atoms with van der Waals surface area (Å²) in [6, 6.07) is 15.7. The molecule has 3 aromatic carbocycles. The molecular weight excluding hydrogens is 470 g/mol. The molecule has 3 rings (SSSR count). The zero-order valence-corrected chi connectivity index (χ0v) is 19.4. The SMILES string of the molecule is CCCCCc1ccc(-c2ccc(OC(F)(F)COc3ccc(C)c(F)c3C(F)(F)F)cc2)cc1. The molecule has 8 heteroatoms. The Balaban J connectivity index is 1.64. The van der Waals surface area contributed by atoms with Crippen molar-refractivity contribution in [2.75, 3.05) is 6.61 Å². The van der Waals surface area contributed by atoms with Gasteiger partial charge in [-0.1, -0.05) is 62.2 Å². The van der Waals surface area contributed by atoms with Gasteiger partial charge in [-0.3, -0.25) is 0 Å². The van der Waals surface area contributed by atoms with Gasteiger partial charge in [-0.05, 0) is 60.2 Å². The van der Waals surface area contributed by atoms with E-state index < -0.39 is 36.0 Å². The summed E-state index contributed by atoms with van der Waals surface area (Å²) >= 11 is 0. The molecule has 0 saturated carbocycles. The molecule has 3 aromatic rings. The van der Waals surface area contributed by atoms with Crippen molar-refractivity contribution in [2.45, 2.75) is 51.8 Å². The molecule has 0 fully saturated rings. The van der Waals surface area contributed by atoms with Crippen LogP contribution in [0.3, 0.4) is 0 Å². The van der Waals surface area contributed by atoms with Crippen LogP contribution in [-0.2, 0) is 12.6 Å². The Hall–Kier alpha value is -3.16. The lowest BCUT2D eigenvalue weighted by Gasteiger charge is -2.21. The third-order valence-electron chi connectivity index (χ3n) is 5.45. The topological polar surface area (TPSA) is 18.5 Å². The van der Waals surface area contributed by atoms with Gasteiger partial charge in [-0.25, -0.2) is 4.39 Å². The minimum absolute atomic E-state index is 0.190. The van der Waals surface area contributed by atoms with E-state index >= 15 is 0 Å². The molecule has 0 aliphatic carbocycles. The second-order valence-electron chi connectivity index (χ2n) is 8.27. The third-order valence-corrected chi connectivity index (χ3v) is 5.45. The van der Waals surface area contributed by atoms with Gasteiger partial charge >= 0.3 is 12.3 Å². The van der Waals surface area contributed by atoms with Crippen molar-refractivity contribution in [1.29, 1.82) is 0 Å². The van der Waals surface area contributed by atoms with Gasteiger partial charge in [0, 0.05) is 0 Å². The Labute approximate surface area is 200 Å². The molecule has 0 aromatic heterocycles. The van der Waals surface area contributed by atoms with Gasteiger partial charge in [0.15, 0.2) is 6.61 Å². The maximum atomic E-state index is 14.3. The Kier molecular flexibility index (Phi) is 8.35. The number of aryl methyl sites for hydroxylation is 2. The Morgan fingerprint density at radius 2 is 1.37 bits per heavy atom. The first-order valence-corrected chi connectivity index (χ1v) is 11.3. The average molecular weight is 496 g/mol. The van der Waals surface area contributed by atoms with Crippen molar-refractivity contribution in [1.82, 2.24) is 0 Å². The number of hydrogen-bond donors (Lipinski definition) is 0. The number of unbranched alkanes of at least 4 members (excludes halogenated alkanes) is 2. The molecule has 0 saturated heterocycles. The molecule has 0 radical (unpaired) electrons. The van der Waals surface area contributed by atoms with Crippen molar-refractivity contribution in [3.63, 3.8) is 0 Å². The van der Waals surface area contributed by atoms with E-state index in [4.69, 9.17) is 0 Å². The largest absolute Gasteiger partial charge is 0.482 e. The van der Waals surface area contributed by atoms with Gasteiger partial charge < -0.3 is 9.47 Å². The van der Waals surface area contributed by atoms with Gasteiger partial charge in [0.2, 0.25) is 0 Å². The summed E-state index contributed by atoms with van der Waals surface area (Å²) in [5.74, 6) is -2.79. The summed E-state index contributed by atoms with van der Waals surface area (Å²) in [5, 5.41) is 0. The summed E-state index contributed by atoms with van der Waals surface area (Å²) in [6.07, 6.45) is -4.62. The van der Waals surface area contributed by atoms with Crippen LogP contribution in [0.4, 0.5) is 26.3 Å². The highest BCUT2D eigenvalue weighted by molar-refractivity contribution is 5.64. The van der Waals surface area contributed by atoms with Crippen molar-refractivity contribution in [2.24, 2.45) is 0 Å². The van der Waals surface area contributed by atoms with Crippen LogP contribution in [0.15, 0.2) is 60.7 Å². The Morgan fingerprint density at radius 1 is 0.771 bits per heavy atom. The Morgan fingerprint density at radius 3 is 1.94 bits per heavy atom. The van der Waals surface area contributed by atoms with Gasteiger partial charge in [0.25, 0.3) is 0 Å². The molecule has 0 unspecified atom stereocenters. The third kappa shape index (κ3) is 7.16. The first-order valence-electron chi connectivity index (χ1n) is 11.3. The summed E-state index contributed by atoms with van der Waals surface area (Å²) in [5.41, 5.74) is 0.922. The average Bonchev–Trinajstić information content (AvgIpc) is 2.80. The molecule has 0 N–H and O–H groups in total. The van der Waals surface area contributed by atoms with Crippen LogP contribution in [0.25, 0.3) is 11.1 Å². The highest BCUT2D eigenvalue weighted by Crippen LogP contribution is 2.39. The summed E-state index contributed by atoms with van der Waals surface area (Å²) in [6.45, 7) is 1.76. The van der Waals surface area contributed by atoms with Gasteiger partial charge in [0.1, 0.15) is 22.9 Å². The predicted octanol–water partition coefficient (Wildman–Crippen LogP) is 8.60. The standard InChI is InChI=1S/C27H26F6O2/c1-3-4-5-6-19-8-10-20(11-9-19)21-12-14-22(15-13-21)35-26(29,30)17-34-23-16-7-18(2)25(28)24(23)27(31,32)33/h7-16H,3-6,17H2,1-2H3. The molecule has 0 aliphatic heterocycles. The van der Waals surface area contributed by atoms with Crippen molar-refractivity contribution in [3.8, 4) is 22.6 Å². The van der Waals surface area contributed by atoms with E-state index in [-0.39, 0.29) is 11.3 Å². The van der Waals surface area contributed by atoms with Crippen LogP contribution < -0.4 is 9.47 Å². The quantitative estimate of drug-likeness (QED) is 0.207. The number of hydrogen-bond acceptors (Lipinski definition) is 2. The first kappa shape index (κ1) is 26.4. The van der Waals surface area contributed by atoms with Gasteiger partial charge in [0.05, 0.1) is 0 Å². The van der Waals surface area contributed by atoms with E-state index in [9.17, 15) is 26.3 Å². The molecule has 2 nitrogen and oxygen atoms in total. The predicted molar refractivity (Wildman–Crippen MR) is 122 cm³/mol. The number of halogens is 6. The van der Waals surface area contributed by atoms with E-state index in [1.54, 1.807) is 12.1 Å². The molecule has 0 spiro atoms. The van der Waals surface area contributed by atoms with Crippen LogP contribution in [0.2, 0.25) is 0 Å². The Bertz CT molecular complexity index is 1110. The smallest absolute Gasteiger partial charge is 0.432 e. The fraction of sp³-hybridized carbons (Fsp3) is 0.333. The molecule has 0 amide bonds. The zero-order chi connectivity index (χ0) is 25.6. The second-order valence-corrected chi connectivity index (χ2v) is 8.27.